The standard InChI is InChI=1S/C14H11F5N2O/c1-6-12(15)10(22)4-9(21-6)11-8(14(17,18)19)3-2-7(5-20)13(11)16/h2-3H,4-5,20H2,1H3. The number of benzene rings is 1. The Morgan fingerprint density at radius 2 is 1.91 bits per heavy atom. The number of carbonyl (C=O) groups is 1. The Morgan fingerprint density at radius 3 is 2.41 bits per heavy atom. The van der Waals surface area contributed by atoms with Crippen LogP contribution in [-0.2, 0) is 17.5 Å². The molecule has 1 heterocycles. The number of nitrogens with zero attached hydrogens (tertiary/aromatic N) is 1. The molecule has 118 valence electrons. The van der Waals surface area contributed by atoms with Gasteiger partial charge in [-0.25, -0.2) is 8.78 Å². The molecule has 2 rings (SSSR count). The fourth-order valence-corrected chi connectivity index (χ4v) is 2.16. The molecule has 1 aromatic rings. The number of nitrogens with two attached hydrogens (primary N) is 1. The number of alkyl halides is 3. The fraction of sp³-hybridized carbons (Fsp3) is 0.286. The molecule has 0 atom stereocenters. The number of ketones is 1. The van der Waals surface area contributed by atoms with Crippen LogP contribution < -0.4 is 5.73 Å². The average Bonchev–Trinajstić information content (AvgIpc) is 2.42. The lowest BCUT2D eigenvalue weighted by Crippen LogP contribution is -2.22. The third kappa shape index (κ3) is 2.78. The van der Waals surface area contributed by atoms with Crippen molar-refractivity contribution in [1.29, 1.82) is 0 Å². The predicted molar refractivity (Wildman–Crippen MR) is 69.3 cm³/mol. The zero-order valence-corrected chi connectivity index (χ0v) is 11.4. The van der Waals surface area contributed by atoms with Gasteiger partial charge in [-0.3, -0.25) is 9.79 Å². The first-order chi connectivity index (χ1) is 10.2. The molecule has 0 saturated carbocycles. The molecule has 22 heavy (non-hydrogen) atoms. The average molecular weight is 318 g/mol. The number of allylic oxidation sites excluding steroid dienone is 2. The van der Waals surface area contributed by atoms with Gasteiger partial charge >= 0.3 is 6.18 Å². The summed E-state index contributed by atoms with van der Waals surface area (Å²) >= 11 is 0. The summed E-state index contributed by atoms with van der Waals surface area (Å²) in [7, 11) is 0. The van der Waals surface area contributed by atoms with Crippen molar-refractivity contribution in [3.05, 3.63) is 46.2 Å². The van der Waals surface area contributed by atoms with Crippen molar-refractivity contribution in [1.82, 2.24) is 0 Å². The summed E-state index contributed by atoms with van der Waals surface area (Å²) in [5, 5.41) is 0. The Bertz CT molecular complexity index is 704. The first-order valence-corrected chi connectivity index (χ1v) is 6.23. The summed E-state index contributed by atoms with van der Waals surface area (Å²) in [6.45, 7) is 0.811. The second-order valence-corrected chi connectivity index (χ2v) is 4.72. The molecule has 0 radical (unpaired) electrons. The summed E-state index contributed by atoms with van der Waals surface area (Å²) in [5.74, 6) is -3.36. The smallest absolute Gasteiger partial charge is 0.326 e. The topological polar surface area (TPSA) is 55.5 Å². The van der Waals surface area contributed by atoms with Crippen LogP contribution >= 0.6 is 0 Å². The van der Waals surface area contributed by atoms with Gasteiger partial charge in [0.1, 0.15) is 5.82 Å². The number of aliphatic imine (C=N–C) groups is 1. The third-order valence-electron chi connectivity index (χ3n) is 3.23. The molecule has 0 bridgehead atoms. The highest BCUT2D eigenvalue weighted by Crippen LogP contribution is 2.36. The van der Waals surface area contributed by atoms with Crippen LogP contribution in [0.25, 0.3) is 0 Å². The van der Waals surface area contributed by atoms with E-state index in [1.807, 2.05) is 0 Å². The van der Waals surface area contributed by atoms with Crippen molar-refractivity contribution < 1.29 is 26.7 Å². The summed E-state index contributed by atoms with van der Waals surface area (Å²) < 4.78 is 66.8. The minimum atomic E-state index is -4.84. The van der Waals surface area contributed by atoms with Gasteiger partial charge in [-0.05, 0) is 13.0 Å². The zero-order chi connectivity index (χ0) is 16.7. The molecule has 0 unspecified atom stereocenters. The maximum Gasteiger partial charge on any atom is 0.417 e. The van der Waals surface area contributed by atoms with Crippen molar-refractivity contribution in [2.75, 3.05) is 0 Å². The van der Waals surface area contributed by atoms with Gasteiger partial charge in [0.25, 0.3) is 0 Å². The predicted octanol–water partition coefficient (Wildman–Crippen LogP) is 3.27. The first-order valence-electron chi connectivity index (χ1n) is 6.23. The molecule has 1 aromatic carbocycles. The summed E-state index contributed by atoms with van der Waals surface area (Å²) in [5.41, 5.74) is 2.18. The van der Waals surface area contributed by atoms with Crippen LogP contribution in [0.4, 0.5) is 22.0 Å². The fourth-order valence-electron chi connectivity index (χ4n) is 2.16. The lowest BCUT2D eigenvalue weighted by Gasteiger charge is -2.19. The van der Waals surface area contributed by atoms with E-state index in [-0.39, 0.29) is 17.8 Å². The lowest BCUT2D eigenvalue weighted by molar-refractivity contribution is -0.138. The molecule has 8 heteroatoms. The molecule has 3 nitrogen and oxygen atoms in total. The van der Waals surface area contributed by atoms with Gasteiger partial charge in [-0.2, -0.15) is 13.2 Å². The van der Waals surface area contributed by atoms with Gasteiger partial charge in [-0.1, -0.05) is 6.07 Å². The summed E-state index contributed by atoms with van der Waals surface area (Å²) in [6, 6.07) is 1.60. The van der Waals surface area contributed by atoms with Crippen LogP contribution in [-0.4, -0.2) is 11.5 Å². The van der Waals surface area contributed by atoms with Crippen LogP contribution in [0.3, 0.4) is 0 Å². The Hall–Kier alpha value is -2.09. The molecule has 1 aliphatic rings. The Balaban J connectivity index is 2.74. The Labute approximate surface area is 122 Å². The van der Waals surface area contributed by atoms with Gasteiger partial charge in [-0.15, -0.1) is 0 Å². The molecule has 0 spiro atoms. The monoisotopic (exact) mass is 318 g/mol. The molecule has 0 amide bonds. The third-order valence-corrected chi connectivity index (χ3v) is 3.23. The van der Waals surface area contributed by atoms with Crippen molar-refractivity contribution in [3.63, 3.8) is 0 Å². The van der Waals surface area contributed by atoms with Crippen LogP contribution in [0.15, 0.2) is 28.6 Å². The molecule has 1 aliphatic heterocycles. The molecular weight excluding hydrogens is 307 g/mol. The second-order valence-electron chi connectivity index (χ2n) is 4.72. The highest BCUT2D eigenvalue weighted by Gasteiger charge is 2.38. The number of Topliss-reactive ketones (excluding diaryl/α,β-unsaturated/α-hetero) is 1. The largest absolute Gasteiger partial charge is 0.417 e. The second kappa shape index (κ2) is 5.60. The van der Waals surface area contributed by atoms with E-state index >= 15 is 0 Å². The number of carbonyl (C=O) groups excluding carboxylic acids is 1. The Morgan fingerprint density at radius 1 is 1.27 bits per heavy atom. The van der Waals surface area contributed by atoms with Crippen LogP contribution in [0.2, 0.25) is 0 Å². The number of rotatable bonds is 2. The first kappa shape index (κ1) is 16.3. The van der Waals surface area contributed by atoms with E-state index in [1.165, 1.54) is 0 Å². The van der Waals surface area contributed by atoms with E-state index in [0.29, 0.717) is 6.07 Å². The Kier molecular flexibility index (Phi) is 4.15. The SMILES string of the molecule is CC1=C(F)C(=O)CC(c2c(C(F)(F)F)ccc(CN)c2F)=N1. The van der Waals surface area contributed by atoms with E-state index in [9.17, 15) is 26.7 Å². The van der Waals surface area contributed by atoms with Crippen molar-refractivity contribution in [2.45, 2.75) is 26.1 Å². The number of hydrogen-bond acceptors (Lipinski definition) is 3. The van der Waals surface area contributed by atoms with Crippen LogP contribution in [0.5, 0.6) is 0 Å². The molecule has 2 N–H and O–H groups in total. The van der Waals surface area contributed by atoms with E-state index in [0.717, 1.165) is 13.0 Å². The van der Waals surface area contributed by atoms with E-state index in [4.69, 9.17) is 5.73 Å². The molecule has 0 fully saturated rings. The normalized spacial score (nSPS) is 16.1. The molecule has 0 aliphatic carbocycles. The highest BCUT2D eigenvalue weighted by molar-refractivity contribution is 6.18. The summed E-state index contributed by atoms with van der Waals surface area (Å²) in [4.78, 5) is 15.1. The van der Waals surface area contributed by atoms with Gasteiger partial charge in [0.15, 0.2) is 11.6 Å². The van der Waals surface area contributed by atoms with Crippen molar-refractivity contribution in [2.24, 2.45) is 10.7 Å². The summed E-state index contributed by atoms with van der Waals surface area (Å²) in [6.07, 6.45) is -5.58. The minimum absolute atomic E-state index is 0.147. The van der Waals surface area contributed by atoms with Gasteiger partial charge in [0.2, 0.25) is 0 Å². The maximum absolute atomic E-state index is 14.3. The van der Waals surface area contributed by atoms with Crippen LogP contribution in [0, 0.1) is 5.82 Å². The quantitative estimate of drug-likeness (QED) is 0.851. The van der Waals surface area contributed by atoms with E-state index in [2.05, 4.69) is 4.99 Å². The molecular formula is C14H11F5N2O. The maximum atomic E-state index is 14.3. The van der Waals surface area contributed by atoms with Crippen molar-refractivity contribution >= 4 is 11.5 Å². The van der Waals surface area contributed by atoms with Crippen molar-refractivity contribution in [3.8, 4) is 0 Å². The van der Waals surface area contributed by atoms with Crippen LogP contribution in [0.1, 0.15) is 30.0 Å². The van der Waals surface area contributed by atoms with E-state index in [1.54, 1.807) is 0 Å². The number of halogens is 5. The minimum Gasteiger partial charge on any atom is -0.326 e. The highest BCUT2D eigenvalue weighted by atomic mass is 19.4. The molecule has 0 saturated heterocycles. The van der Waals surface area contributed by atoms with Gasteiger partial charge in [0, 0.05) is 17.7 Å². The lowest BCUT2D eigenvalue weighted by atomic mass is 9.94. The van der Waals surface area contributed by atoms with E-state index < -0.39 is 46.9 Å². The van der Waals surface area contributed by atoms with Gasteiger partial charge in [0.05, 0.1) is 23.4 Å². The molecule has 0 aromatic heterocycles. The van der Waals surface area contributed by atoms with Gasteiger partial charge < -0.3 is 5.73 Å². The zero-order valence-electron chi connectivity index (χ0n) is 11.4. The number of hydrogen-bond donors (Lipinski definition) is 1.